The van der Waals surface area contributed by atoms with Crippen LogP contribution < -0.4 is 4.74 Å². The summed E-state index contributed by atoms with van der Waals surface area (Å²) >= 11 is 1.73. The van der Waals surface area contributed by atoms with Crippen LogP contribution in [0.15, 0.2) is 28.7 Å². The van der Waals surface area contributed by atoms with E-state index in [-0.39, 0.29) is 6.10 Å². The summed E-state index contributed by atoms with van der Waals surface area (Å²) in [5, 5.41) is 0. The van der Waals surface area contributed by atoms with Gasteiger partial charge < -0.3 is 4.74 Å². The third-order valence-electron chi connectivity index (χ3n) is 1.81. The highest BCUT2D eigenvalue weighted by atomic mass is 79.9. The van der Waals surface area contributed by atoms with Crippen molar-refractivity contribution in [2.75, 3.05) is 13.2 Å². The van der Waals surface area contributed by atoms with Gasteiger partial charge in [0.15, 0.2) is 0 Å². The maximum atomic E-state index is 10.7. The Balaban J connectivity index is 1.83. The van der Waals surface area contributed by atoms with Gasteiger partial charge >= 0.3 is 11.4 Å². The largest absolute Gasteiger partial charge is 0.491 e. The topological polar surface area (TPSA) is 44.8 Å². The molecule has 6 heteroatoms. The molecule has 0 spiro atoms. The summed E-state index contributed by atoms with van der Waals surface area (Å²) < 4.78 is 26.8. The molecule has 0 amide bonds. The minimum absolute atomic E-state index is 0.255. The minimum Gasteiger partial charge on any atom is -0.491 e. The normalized spacial score (nSPS) is 25.4. The van der Waals surface area contributed by atoms with Crippen molar-refractivity contribution in [3.8, 4) is 5.75 Å². The molecule has 2 rings (SSSR count). The van der Waals surface area contributed by atoms with Crippen LogP contribution in [-0.4, -0.2) is 23.5 Å². The molecule has 15 heavy (non-hydrogen) atoms. The van der Waals surface area contributed by atoms with Gasteiger partial charge in [0.1, 0.15) is 18.5 Å². The Morgan fingerprint density at radius 3 is 2.80 bits per heavy atom. The van der Waals surface area contributed by atoms with E-state index in [1.807, 2.05) is 24.3 Å². The van der Waals surface area contributed by atoms with Crippen LogP contribution in [-0.2, 0) is 19.7 Å². The third kappa shape index (κ3) is 3.27. The Hall–Kier alpha value is -0.430. The molecule has 0 saturated carbocycles. The first kappa shape index (κ1) is 11.1. The van der Waals surface area contributed by atoms with Gasteiger partial charge in [-0.15, -0.1) is 0 Å². The number of halogens is 1. The van der Waals surface area contributed by atoms with E-state index in [1.54, 1.807) is 0 Å². The summed E-state index contributed by atoms with van der Waals surface area (Å²) in [6.45, 7) is 0.649. The average Bonchev–Trinajstić information content (AvgIpc) is 2.64. The second kappa shape index (κ2) is 5.07. The summed E-state index contributed by atoms with van der Waals surface area (Å²) in [5.41, 5.74) is 0. The Labute approximate surface area is 98.5 Å². The lowest BCUT2D eigenvalue weighted by atomic mass is 10.3. The molecule has 4 nitrogen and oxygen atoms in total. The lowest BCUT2D eigenvalue weighted by molar-refractivity contribution is 0.151. The van der Waals surface area contributed by atoms with Gasteiger partial charge in [0.2, 0.25) is 0 Å². The standard InChI is InChI=1S/C9H9BrO4S/c10-7-1-3-8(4-2-7)12-5-9-6-13-15(11)14-9/h1-4,9H,5-6H2/t9-,15+/m0/s1. The van der Waals surface area contributed by atoms with E-state index in [0.717, 1.165) is 10.2 Å². The molecule has 0 unspecified atom stereocenters. The van der Waals surface area contributed by atoms with Gasteiger partial charge in [0.05, 0.1) is 6.61 Å². The average molecular weight is 293 g/mol. The molecule has 1 aliphatic rings. The van der Waals surface area contributed by atoms with Crippen LogP contribution in [0.4, 0.5) is 0 Å². The van der Waals surface area contributed by atoms with Crippen LogP contribution in [0.1, 0.15) is 0 Å². The molecule has 0 aromatic heterocycles. The Kier molecular flexibility index (Phi) is 3.74. The molecule has 1 saturated heterocycles. The van der Waals surface area contributed by atoms with Crippen molar-refractivity contribution in [2.24, 2.45) is 0 Å². The fraction of sp³-hybridized carbons (Fsp3) is 0.333. The lowest BCUT2D eigenvalue weighted by Crippen LogP contribution is -2.19. The predicted molar refractivity (Wildman–Crippen MR) is 58.6 cm³/mol. The second-order valence-corrected chi connectivity index (χ2v) is 4.72. The van der Waals surface area contributed by atoms with Crippen molar-refractivity contribution in [3.05, 3.63) is 28.7 Å². The van der Waals surface area contributed by atoms with Crippen molar-refractivity contribution in [2.45, 2.75) is 6.10 Å². The maximum Gasteiger partial charge on any atom is 0.305 e. The SMILES string of the molecule is O=[S@@]1OC[C@H](COc2ccc(Br)cc2)O1. The zero-order chi connectivity index (χ0) is 10.7. The van der Waals surface area contributed by atoms with E-state index >= 15 is 0 Å². The van der Waals surface area contributed by atoms with Crippen LogP contribution in [0.2, 0.25) is 0 Å². The van der Waals surface area contributed by atoms with E-state index in [0.29, 0.717) is 13.2 Å². The molecule has 1 heterocycles. The van der Waals surface area contributed by atoms with Gasteiger partial charge in [-0.25, -0.2) is 0 Å². The van der Waals surface area contributed by atoms with Crippen LogP contribution in [0.25, 0.3) is 0 Å². The minimum atomic E-state index is -1.60. The number of hydrogen-bond donors (Lipinski definition) is 0. The molecule has 82 valence electrons. The molecule has 0 radical (unpaired) electrons. The van der Waals surface area contributed by atoms with Gasteiger partial charge in [0.25, 0.3) is 0 Å². The Morgan fingerprint density at radius 1 is 1.47 bits per heavy atom. The second-order valence-electron chi connectivity index (χ2n) is 2.97. The molecule has 1 aromatic rings. The molecule has 2 atom stereocenters. The Bertz CT molecular complexity index is 354. The first-order valence-corrected chi connectivity index (χ1v) is 6.14. The van der Waals surface area contributed by atoms with Crippen molar-refractivity contribution in [1.82, 2.24) is 0 Å². The summed E-state index contributed by atoms with van der Waals surface area (Å²) in [6, 6.07) is 7.46. The van der Waals surface area contributed by atoms with Gasteiger partial charge in [-0.1, -0.05) is 15.9 Å². The fourth-order valence-corrected chi connectivity index (χ4v) is 2.01. The van der Waals surface area contributed by atoms with E-state index in [9.17, 15) is 4.21 Å². The highest BCUT2D eigenvalue weighted by molar-refractivity contribution is 9.10. The molecule has 1 aliphatic heterocycles. The molecule has 0 aliphatic carbocycles. The van der Waals surface area contributed by atoms with Crippen LogP contribution in [0.5, 0.6) is 5.75 Å². The quantitative estimate of drug-likeness (QED) is 0.853. The van der Waals surface area contributed by atoms with Crippen molar-refractivity contribution >= 4 is 27.3 Å². The lowest BCUT2D eigenvalue weighted by Gasteiger charge is -2.08. The van der Waals surface area contributed by atoms with E-state index < -0.39 is 11.4 Å². The van der Waals surface area contributed by atoms with Gasteiger partial charge in [0, 0.05) is 4.47 Å². The first-order chi connectivity index (χ1) is 7.24. The smallest absolute Gasteiger partial charge is 0.305 e. The van der Waals surface area contributed by atoms with Gasteiger partial charge in [-0.2, -0.15) is 4.21 Å². The van der Waals surface area contributed by atoms with E-state index in [1.165, 1.54) is 0 Å². The zero-order valence-corrected chi connectivity index (χ0v) is 10.1. The van der Waals surface area contributed by atoms with Gasteiger partial charge in [-0.3, -0.25) is 8.37 Å². The molecule has 0 N–H and O–H groups in total. The molecular weight excluding hydrogens is 284 g/mol. The highest BCUT2D eigenvalue weighted by Gasteiger charge is 2.23. The summed E-state index contributed by atoms with van der Waals surface area (Å²) in [4.78, 5) is 0. The van der Waals surface area contributed by atoms with Crippen molar-refractivity contribution < 1.29 is 17.3 Å². The van der Waals surface area contributed by atoms with Crippen LogP contribution in [0.3, 0.4) is 0 Å². The van der Waals surface area contributed by atoms with Crippen molar-refractivity contribution in [3.63, 3.8) is 0 Å². The number of rotatable bonds is 3. The number of hydrogen-bond acceptors (Lipinski definition) is 4. The van der Waals surface area contributed by atoms with E-state index in [4.69, 9.17) is 13.1 Å². The fourth-order valence-electron chi connectivity index (χ4n) is 1.09. The highest BCUT2D eigenvalue weighted by Crippen LogP contribution is 2.17. The number of ether oxygens (including phenoxy) is 1. The molecule has 0 bridgehead atoms. The van der Waals surface area contributed by atoms with Crippen LogP contribution >= 0.6 is 15.9 Å². The molecular formula is C9H9BrO4S. The monoisotopic (exact) mass is 292 g/mol. The maximum absolute atomic E-state index is 10.7. The van der Waals surface area contributed by atoms with Crippen molar-refractivity contribution in [1.29, 1.82) is 0 Å². The summed E-state index contributed by atoms with van der Waals surface area (Å²) in [5.74, 6) is 0.750. The van der Waals surface area contributed by atoms with E-state index in [2.05, 4.69) is 15.9 Å². The Morgan fingerprint density at radius 2 is 2.20 bits per heavy atom. The first-order valence-electron chi connectivity index (χ1n) is 4.34. The number of benzene rings is 1. The summed E-state index contributed by atoms with van der Waals surface area (Å²) in [6.07, 6.45) is -0.255. The summed E-state index contributed by atoms with van der Waals surface area (Å²) in [7, 11) is 0. The molecule has 1 aromatic carbocycles. The van der Waals surface area contributed by atoms with Crippen LogP contribution in [0, 0.1) is 0 Å². The predicted octanol–water partition coefficient (Wildman–Crippen LogP) is 1.82. The van der Waals surface area contributed by atoms with Gasteiger partial charge in [-0.05, 0) is 24.3 Å². The third-order valence-corrected chi connectivity index (χ3v) is 3.10. The molecule has 1 fully saturated rings. The zero-order valence-electron chi connectivity index (χ0n) is 7.72.